The molecule has 0 amide bonds. The maximum absolute atomic E-state index is 5.96. The van der Waals surface area contributed by atoms with Crippen LogP contribution in [0.3, 0.4) is 0 Å². The Labute approximate surface area is 95.5 Å². The van der Waals surface area contributed by atoms with Gasteiger partial charge in [-0.05, 0) is 36.5 Å². The van der Waals surface area contributed by atoms with E-state index in [1.165, 1.54) is 5.56 Å². The van der Waals surface area contributed by atoms with Gasteiger partial charge in [0.1, 0.15) is 0 Å². The number of hydrogen-bond acceptors (Lipinski definition) is 0. The van der Waals surface area contributed by atoms with Crippen LogP contribution in [0.25, 0.3) is 0 Å². The van der Waals surface area contributed by atoms with Crippen LogP contribution in [0.2, 0.25) is 10.0 Å². The molecular formula is C12H14Cl2. The van der Waals surface area contributed by atoms with Crippen LogP contribution in [0.15, 0.2) is 30.9 Å². The molecule has 0 fully saturated rings. The van der Waals surface area contributed by atoms with Crippen LogP contribution in [0.4, 0.5) is 0 Å². The molecule has 0 aliphatic rings. The Morgan fingerprint density at radius 3 is 2.57 bits per heavy atom. The summed E-state index contributed by atoms with van der Waals surface area (Å²) in [6.45, 7) is 5.92. The summed E-state index contributed by atoms with van der Waals surface area (Å²) < 4.78 is 0. The third-order valence-electron chi connectivity index (χ3n) is 2.36. The fraction of sp³-hybridized carbons (Fsp3) is 0.333. The smallest absolute Gasteiger partial charge is 0.0595 e. The summed E-state index contributed by atoms with van der Waals surface area (Å²) in [5, 5.41) is 1.25. The van der Waals surface area contributed by atoms with E-state index in [9.17, 15) is 0 Å². The summed E-state index contributed by atoms with van der Waals surface area (Å²) in [7, 11) is 0. The summed E-state index contributed by atoms with van der Waals surface area (Å²) in [5.41, 5.74) is 1.24. The van der Waals surface area contributed by atoms with Gasteiger partial charge in [-0.1, -0.05) is 42.3 Å². The molecule has 0 bridgehead atoms. The minimum absolute atomic E-state index is 0.502. The predicted octanol–water partition coefficient (Wildman–Crippen LogP) is 5.06. The van der Waals surface area contributed by atoms with E-state index in [0.29, 0.717) is 16.0 Å². The summed E-state index contributed by atoms with van der Waals surface area (Å²) in [5.74, 6) is 0.502. The zero-order valence-electron chi connectivity index (χ0n) is 8.26. The molecule has 0 saturated carbocycles. The molecular weight excluding hydrogens is 215 g/mol. The summed E-state index contributed by atoms with van der Waals surface area (Å²) in [6, 6.07) is 5.83. The van der Waals surface area contributed by atoms with Gasteiger partial charge in [-0.15, -0.1) is 6.58 Å². The highest BCUT2D eigenvalue weighted by molar-refractivity contribution is 6.42. The van der Waals surface area contributed by atoms with Crippen LogP contribution in [0, 0.1) is 0 Å². The average Bonchev–Trinajstić information content (AvgIpc) is 2.19. The van der Waals surface area contributed by atoms with Crippen molar-refractivity contribution in [2.24, 2.45) is 0 Å². The lowest BCUT2D eigenvalue weighted by atomic mass is 9.93. The molecule has 0 aliphatic heterocycles. The lowest BCUT2D eigenvalue weighted by molar-refractivity contribution is 0.675. The van der Waals surface area contributed by atoms with Crippen molar-refractivity contribution < 1.29 is 0 Å². The Morgan fingerprint density at radius 1 is 1.36 bits per heavy atom. The molecule has 0 spiro atoms. The van der Waals surface area contributed by atoms with Gasteiger partial charge in [-0.25, -0.2) is 0 Å². The lowest BCUT2D eigenvalue weighted by Gasteiger charge is -2.13. The summed E-state index contributed by atoms with van der Waals surface area (Å²) in [6.07, 6.45) is 4.01. The summed E-state index contributed by atoms with van der Waals surface area (Å²) in [4.78, 5) is 0. The van der Waals surface area contributed by atoms with Crippen molar-refractivity contribution in [2.75, 3.05) is 0 Å². The number of benzene rings is 1. The minimum Gasteiger partial charge on any atom is -0.103 e. The predicted molar refractivity (Wildman–Crippen MR) is 64.3 cm³/mol. The van der Waals surface area contributed by atoms with E-state index in [4.69, 9.17) is 23.2 Å². The molecule has 0 unspecified atom stereocenters. The van der Waals surface area contributed by atoms with Crippen molar-refractivity contribution in [1.29, 1.82) is 0 Å². The second-order valence-corrected chi connectivity index (χ2v) is 4.12. The third kappa shape index (κ3) is 2.76. The van der Waals surface area contributed by atoms with Gasteiger partial charge in [-0.2, -0.15) is 0 Å². The molecule has 0 aliphatic carbocycles. The highest BCUT2D eigenvalue weighted by atomic mass is 35.5. The topological polar surface area (TPSA) is 0 Å². The SMILES string of the molecule is C=CC[C@H](CC)c1ccc(Cl)c(Cl)c1. The highest BCUT2D eigenvalue weighted by Gasteiger charge is 2.08. The molecule has 0 nitrogen and oxygen atoms in total. The number of hydrogen-bond donors (Lipinski definition) is 0. The molecule has 0 aromatic heterocycles. The number of rotatable bonds is 4. The molecule has 14 heavy (non-hydrogen) atoms. The van der Waals surface area contributed by atoms with Gasteiger partial charge in [-0.3, -0.25) is 0 Å². The van der Waals surface area contributed by atoms with E-state index in [2.05, 4.69) is 13.5 Å². The van der Waals surface area contributed by atoms with Crippen molar-refractivity contribution in [1.82, 2.24) is 0 Å². The number of allylic oxidation sites excluding steroid dienone is 1. The Bertz CT molecular complexity index is 318. The Kier molecular flexibility index (Phi) is 4.50. The van der Waals surface area contributed by atoms with Gasteiger partial charge in [0, 0.05) is 0 Å². The van der Waals surface area contributed by atoms with Crippen LogP contribution < -0.4 is 0 Å². The zero-order valence-corrected chi connectivity index (χ0v) is 9.78. The molecule has 2 heteroatoms. The van der Waals surface area contributed by atoms with Crippen molar-refractivity contribution >= 4 is 23.2 Å². The second kappa shape index (κ2) is 5.43. The van der Waals surface area contributed by atoms with Crippen LogP contribution in [-0.4, -0.2) is 0 Å². The molecule has 1 atom stereocenters. The maximum Gasteiger partial charge on any atom is 0.0595 e. The Morgan fingerprint density at radius 2 is 2.07 bits per heavy atom. The van der Waals surface area contributed by atoms with Crippen LogP contribution in [-0.2, 0) is 0 Å². The standard InChI is InChI=1S/C12H14Cl2/c1-3-5-9(4-2)10-6-7-11(13)12(14)8-10/h3,6-9H,1,4-5H2,2H3/t9-/m0/s1. The van der Waals surface area contributed by atoms with Crippen molar-refractivity contribution in [3.8, 4) is 0 Å². The van der Waals surface area contributed by atoms with Gasteiger partial charge < -0.3 is 0 Å². The normalized spacial score (nSPS) is 12.5. The van der Waals surface area contributed by atoms with E-state index in [0.717, 1.165) is 12.8 Å². The van der Waals surface area contributed by atoms with Gasteiger partial charge in [0.2, 0.25) is 0 Å². The zero-order chi connectivity index (χ0) is 10.6. The van der Waals surface area contributed by atoms with E-state index in [1.54, 1.807) is 0 Å². The van der Waals surface area contributed by atoms with Crippen LogP contribution in [0.1, 0.15) is 31.2 Å². The summed E-state index contributed by atoms with van der Waals surface area (Å²) >= 11 is 11.8. The first-order valence-corrected chi connectivity index (χ1v) is 5.50. The largest absolute Gasteiger partial charge is 0.103 e. The Balaban J connectivity index is 2.93. The fourth-order valence-electron chi connectivity index (χ4n) is 1.51. The Hall–Kier alpha value is -0.460. The molecule has 1 rings (SSSR count). The molecule has 0 saturated heterocycles. The first kappa shape index (κ1) is 11.6. The minimum atomic E-state index is 0.502. The fourth-order valence-corrected chi connectivity index (χ4v) is 1.81. The van der Waals surface area contributed by atoms with E-state index in [-0.39, 0.29) is 0 Å². The van der Waals surface area contributed by atoms with Crippen molar-refractivity contribution in [3.63, 3.8) is 0 Å². The van der Waals surface area contributed by atoms with Gasteiger partial charge in [0.25, 0.3) is 0 Å². The van der Waals surface area contributed by atoms with Gasteiger partial charge >= 0.3 is 0 Å². The molecule has 0 radical (unpaired) electrons. The third-order valence-corrected chi connectivity index (χ3v) is 3.10. The first-order chi connectivity index (χ1) is 6.69. The quantitative estimate of drug-likeness (QED) is 0.632. The van der Waals surface area contributed by atoms with Crippen LogP contribution in [0.5, 0.6) is 0 Å². The van der Waals surface area contributed by atoms with E-state index >= 15 is 0 Å². The monoisotopic (exact) mass is 228 g/mol. The highest BCUT2D eigenvalue weighted by Crippen LogP contribution is 2.29. The van der Waals surface area contributed by atoms with Gasteiger partial charge in [0.15, 0.2) is 0 Å². The first-order valence-electron chi connectivity index (χ1n) is 4.74. The van der Waals surface area contributed by atoms with Crippen LogP contribution >= 0.6 is 23.2 Å². The molecule has 0 N–H and O–H groups in total. The molecule has 1 aromatic rings. The van der Waals surface area contributed by atoms with Gasteiger partial charge in [0.05, 0.1) is 10.0 Å². The second-order valence-electron chi connectivity index (χ2n) is 3.30. The molecule has 76 valence electrons. The van der Waals surface area contributed by atoms with Crippen molar-refractivity contribution in [3.05, 3.63) is 46.5 Å². The average molecular weight is 229 g/mol. The molecule has 1 aromatic carbocycles. The van der Waals surface area contributed by atoms with E-state index < -0.39 is 0 Å². The maximum atomic E-state index is 5.96. The molecule has 0 heterocycles. The lowest BCUT2D eigenvalue weighted by Crippen LogP contribution is -1.95. The van der Waals surface area contributed by atoms with Crippen molar-refractivity contribution in [2.45, 2.75) is 25.7 Å². The number of halogens is 2. The van der Waals surface area contributed by atoms with E-state index in [1.807, 2.05) is 24.3 Å².